The van der Waals surface area contributed by atoms with Crippen LogP contribution in [0.1, 0.15) is 56.8 Å². The Morgan fingerprint density at radius 3 is 2.55 bits per heavy atom. The van der Waals surface area contributed by atoms with E-state index in [9.17, 15) is 4.79 Å². The zero-order valence-corrected chi connectivity index (χ0v) is 17.3. The fourth-order valence-corrected chi connectivity index (χ4v) is 3.24. The van der Waals surface area contributed by atoms with Crippen LogP contribution in [0.5, 0.6) is 0 Å². The number of carbonyl (C=O) groups excluding carboxylic acids is 1. The van der Waals surface area contributed by atoms with Crippen molar-refractivity contribution in [3.63, 3.8) is 0 Å². The highest BCUT2D eigenvalue weighted by molar-refractivity contribution is 5.92. The first-order valence-electron chi connectivity index (χ1n) is 9.95. The number of amides is 1. The van der Waals surface area contributed by atoms with Crippen LogP contribution < -0.4 is 0 Å². The second kappa shape index (κ2) is 7.42. The first-order valence-corrected chi connectivity index (χ1v) is 9.95. The van der Waals surface area contributed by atoms with E-state index in [-0.39, 0.29) is 11.3 Å². The third-order valence-corrected chi connectivity index (χ3v) is 5.23. The summed E-state index contributed by atoms with van der Waals surface area (Å²) in [4.78, 5) is 27.8. The lowest BCUT2D eigenvalue weighted by Gasteiger charge is -2.29. The Bertz CT molecular complexity index is 991. The number of imidazole rings is 1. The zero-order valence-electron chi connectivity index (χ0n) is 17.3. The van der Waals surface area contributed by atoms with Gasteiger partial charge in [0.15, 0.2) is 5.82 Å². The van der Waals surface area contributed by atoms with E-state index in [1.54, 1.807) is 23.3 Å². The minimum Gasteiger partial charge on any atom is -0.337 e. The summed E-state index contributed by atoms with van der Waals surface area (Å²) >= 11 is 0. The van der Waals surface area contributed by atoms with E-state index in [0.717, 1.165) is 31.5 Å². The first-order chi connectivity index (χ1) is 13.8. The van der Waals surface area contributed by atoms with Gasteiger partial charge in [-0.15, -0.1) is 0 Å². The summed E-state index contributed by atoms with van der Waals surface area (Å²) < 4.78 is 7.11. The van der Waals surface area contributed by atoms with Gasteiger partial charge in [-0.05, 0) is 30.9 Å². The molecule has 1 saturated heterocycles. The fourth-order valence-electron chi connectivity index (χ4n) is 3.24. The second-order valence-corrected chi connectivity index (χ2v) is 8.72. The predicted molar refractivity (Wildman–Crippen MR) is 108 cm³/mol. The van der Waals surface area contributed by atoms with Gasteiger partial charge in [0.1, 0.15) is 17.8 Å². The quantitative estimate of drug-likeness (QED) is 0.675. The van der Waals surface area contributed by atoms with Gasteiger partial charge in [0.05, 0.1) is 5.56 Å². The molecule has 4 rings (SSSR count). The number of pyridine rings is 1. The molecular formula is C21H26N6O2. The Kier molecular flexibility index (Phi) is 4.94. The minimum atomic E-state index is -0.179. The number of likely N-dealkylation sites (tertiary alicyclic amines) is 1. The number of hydrogen-bond donors (Lipinski definition) is 0. The first kappa shape index (κ1) is 19.3. The third-order valence-electron chi connectivity index (χ3n) is 5.23. The summed E-state index contributed by atoms with van der Waals surface area (Å²) in [6.07, 6.45) is 7.12. The van der Waals surface area contributed by atoms with E-state index < -0.39 is 0 Å². The molecule has 0 unspecified atom stereocenters. The van der Waals surface area contributed by atoms with Gasteiger partial charge >= 0.3 is 0 Å². The van der Waals surface area contributed by atoms with Crippen molar-refractivity contribution in [2.75, 3.05) is 13.1 Å². The molecule has 0 bridgehead atoms. The molecule has 1 aliphatic heterocycles. The van der Waals surface area contributed by atoms with Crippen LogP contribution in [0.2, 0.25) is 0 Å². The largest absolute Gasteiger partial charge is 0.337 e. The van der Waals surface area contributed by atoms with Crippen molar-refractivity contribution < 1.29 is 9.32 Å². The van der Waals surface area contributed by atoms with Crippen molar-refractivity contribution in [1.82, 2.24) is 29.6 Å². The maximum absolute atomic E-state index is 12.7. The average Bonchev–Trinajstić information content (AvgIpc) is 3.38. The fraction of sp³-hybridized carbons (Fsp3) is 0.476. The predicted octanol–water partition coefficient (Wildman–Crippen LogP) is 3.49. The van der Waals surface area contributed by atoms with Crippen LogP contribution in [0.4, 0.5) is 0 Å². The third kappa shape index (κ3) is 4.06. The maximum Gasteiger partial charge on any atom is 0.274 e. The Balaban J connectivity index is 1.49. The summed E-state index contributed by atoms with van der Waals surface area (Å²) in [6.45, 7) is 9.91. The SMILES string of the molecule is CC1CCN(C(=O)c2cn(-c3ccc(-c4nc(C(C)(C)C)no4)cn3)cn2)CC1. The van der Waals surface area contributed by atoms with Crippen LogP contribution in [-0.2, 0) is 5.41 Å². The lowest BCUT2D eigenvalue weighted by atomic mass is 9.96. The van der Waals surface area contributed by atoms with Crippen molar-refractivity contribution >= 4 is 5.91 Å². The van der Waals surface area contributed by atoms with Crippen LogP contribution in [0.15, 0.2) is 35.4 Å². The van der Waals surface area contributed by atoms with E-state index in [1.807, 2.05) is 37.8 Å². The number of carbonyl (C=O) groups is 1. The van der Waals surface area contributed by atoms with Crippen LogP contribution in [0, 0.1) is 5.92 Å². The van der Waals surface area contributed by atoms with Gasteiger partial charge in [0, 0.05) is 30.9 Å². The highest BCUT2D eigenvalue weighted by atomic mass is 16.5. The highest BCUT2D eigenvalue weighted by Gasteiger charge is 2.24. The van der Waals surface area contributed by atoms with Crippen LogP contribution >= 0.6 is 0 Å². The molecule has 152 valence electrons. The van der Waals surface area contributed by atoms with Gasteiger partial charge in [-0.2, -0.15) is 4.98 Å². The Morgan fingerprint density at radius 1 is 1.17 bits per heavy atom. The molecule has 0 atom stereocenters. The summed E-state index contributed by atoms with van der Waals surface area (Å²) in [6, 6.07) is 3.71. The Labute approximate surface area is 170 Å². The van der Waals surface area contributed by atoms with Gasteiger partial charge in [-0.1, -0.05) is 32.9 Å². The van der Waals surface area contributed by atoms with Crippen molar-refractivity contribution in [3.05, 3.63) is 42.4 Å². The molecule has 29 heavy (non-hydrogen) atoms. The van der Waals surface area contributed by atoms with Crippen molar-refractivity contribution in [2.45, 2.75) is 46.0 Å². The molecule has 0 saturated carbocycles. The highest BCUT2D eigenvalue weighted by Crippen LogP contribution is 2.24. The summed E-state index contributed by atoms with van der Waals surface area (Å²) in [5, 5.41) is 4.04. The average molecular weight is 394 g/mol. The molecule has 3 aromatic rings. The van der Waals surface area contributed by atoms with E-state index in [4.69, 9.17) is 4.52 Å². The van der Waals surface area contributed by atoms with Gasteiger partial charge in [0.25, 0.3) is 11.8 Å². The van der Waals surface area contributed by atoms with E-state index in [1.165, 1.54) is 0 Å². The minimum absolute atomic E-state index is 0.0205. The lowest BCUT2D eigenvalue weighted by Crippen LogP contribution is -2.38. The molecule has 8 nitrogen and oxygen atoms in total. The molecule has 0 radical (unpaired) electrons. The summed E-state index contributed by atoms with van der Waals surface area (Å²) in [7, 11) is 0. The van der Waals surface area contributed by atoms with Gasteiger partial charge in [-0.3, -0.25) is 9.36 Å². The van der Waals surface area contributed by atoms with E-state index >= 15 is 0 Å². The molecule has 3 aromatic heterocycles. The molecule has 4 heterocycles. The number of nitrogens with zero attached hydrogens (tertiary/aromatic N) is 6. The Morgan fingerprint density at radius 2 is 1.93 bits per heavy atom. The van der Waals surface area contributed by atoms with Crippen molar-refractivity contribution in [3.8, 4) is 17.3 Å². The number of piperidine rings is 1. The molecule has 0 N–H and O–H groups in total. The smallest absolute Gasteiger partial charge is 0.274 e. The molecule has 1 aliphatic rings. The molecule has 0 spiro atoms. The Hall–Kier alpha value is -3.03. The van der Waals surface area contributed by atoms with Crippen LogP contribution in [0.25, 0.3) is 17.3 Å². The summed E-state index contributed by atoms with van der Waals surface area (Å²) in [5.41, 5.74) is 1.01. The molecule has 1 amide bonds. The van der Waals surface area contributed by atoms with E-state index in [0.29, 0.717) is 29.1 Å². The van der Waals surface area contributed by atoms with Gasteiger partial charge < -0.3 is 9.42 Å². The van der Waals surface area contributed by atoms with Crippen LogP contribution in [0.3, 0.4) is 0 Å². The summed E-state index contributed by atoms with van der Waals surface area (Å²) in [5.74, 6) is 2.42. The number of aromatic nitrogens is 5. The number of rotatable bonds is 3. The monoisotopic (exact) mass is 394 g/mol. The van der Waals surface area contributed by atoms with Crippen LogP contribution in [-0.4, -0.2) is 48.6 Å². The molecule has 0 aliphatic carbocycles. The van der Waals surface area contributed by atoms with Crippen molar-refractivity contribution in [1.29, 1.82) is 0 Å². The molecular weight excluding hydrogens is 368 g/mol. The zero-order chi connectivity index (χ0) is 20.6. The van der Waals surface area contributed by atoms with Gasteiger partial charge in [-0.25, -0.2) is 9.97 Å². The maximum atomic E-state index is 12.7. The molecule has 0 aromatic carbocycles. The second-order valence-electron chi connectivity index (χ2n) is 8.72. The van der Waals surface area contributed by atoms with E-state index in [2.05, 4.69) is 27.0 Å². The normalized spacial score (nSPS) is 15.7. The standard InChI is InChI=1S/C21H26N6O2/c1-14-7-9-26(10-8-14)19(28)16-12-27(13-23-16)17-6-5-15(11-22-17)18-24-20(25-29-18)21(2,3)4/h5-6,11-14H,7-10H2,1-4H3. The van der Waals surface area contributed by atoms with Gasteiger partial charge in [0.2, 0.25) is 0 Å². The number of hydrogen-bond acceptors (Lipinski definition) is 6. The molecule has 8 heteroatoms. The van der Waals surface area contributed by atoms with Crippen molar-refractivity contribution in [2.24, 2.45) is 5.92 Å². The topological polar surface area (TPSA) is 89.9 Å². The lowest BCUT2D eigenvalue weighted by molar-refractivity contribution is 0.0692. The molecule has 1 fully saturated rings.